The van der Waals surface area contributed by atoms with Crippen LogP contribution in [0.2, 0.25) is 0 Å². The van der Waals surface area contributed by atoms with Crippen molar-refractivity contribution in [2.45, 2.75) is 18.3 Å². The van der Waals surface area contributed by atoms with E-state index in [-0.39, 0.29) is 0 Å². The van der Waals surface area contributed by atoms with Gasteiger partial charge in [0.25, 0.3) is 0 Å². The van der Waals surface area contributed by atoms with E-state index in [1.165, 1.54) is 22.3 Å². The zero-order valence-electron chi connectivity index (χ0n) is 23.2. The Morgan fingerprint density at radius 3 is 1.93 bits per heavy atom. The summed E-state index contributed by atoms with van der Waals surface area (Å²) in [5.74, 6) is 2.17. The van der Waals surface area contributed by atoms with Crippen molar-refractivity contribution in [1.82, 2.24) is 4.98 Å². The van der Waals surface area contributed by atoms with Gasteiger partial charge in [-0.25, -0.2) is 4.98 Å². The Morgan fingerprint density at radius 1 is 0.619 bits per heavy atom. The van der Waals surface area contributed by atoms with Gasteiger partial charge in [0.15, 0.2) is 5.76 Å². The molecule has 1 heterocycles. The lowest BCUT2D eigenvalue weighted by Crippen LogP contribution is -2.04. The Kier molecular flexibility index (Phi) is 7.14. The molecule has 3 heteroatoms. The predicted octanol–water partition coefficient (Wildman–Crippen LogP) is 10.1. The van der Waals surface area contributed by atoms with Crippen LogP contribution < -0.4 is 0 Å². The van der Waals surface area contributed by atoms with Gasteiger partial charge in [-0.05, 0) is 64.4 Å². The summed E-state index contributed by atoms with van der Waals surface area (Å²) in [5.41, 5.74) is 9.32. The van der Waals surface area contributed by atoms with Crippen molar-refractivity contribution in [3.63, 3.8) is 0 Å². The topological polar surface area (TPSA) is 38.4 Å². The molecular weight excluding hydrogens is 512 g/mol. The van der Waals surface area contributed by atoms with E-state index in [4.69, 9.17) is 9.41 Å². The Labute approximate surface area is 246 Å². The second-order valence-electron chi connectivity index (χ2n) is 10.7. The Balaban J connectivity index is 1.05. The number of benzene rings is 5. The maximum Gasteiger partial charge on any atom is 0.226 e. The number of hydrogen-bond acceptors (Lipinski definition) is 3. The summed E-state index contributed by atoms with van der Waals surface area (Å²) >= 11 is 0. The van der Waals surface area contributed by atoms with E-state index < -0.39 is 0 Å². The highest BCUT2D eigenvalue weighted by Crippen LogP contribution is 2.47. The van der Waals surface area contributed by atoms with E-state index in [9.17, 15) is 0 Å². The van der Waals surface area contributed by atoms with Crippen LogP contribution in [0.3, 0.4) is 0 Å². The molecule has 7 rings (SSSR count). The Morgan fingerprint density at radius 2 is 1.24 bits per heavy atom. The van der Waals surface area contributed by atoms with Crippen LogP contribution >= 0.6 is 0 Å². The van der Waals surface area contributed by atoms with Crippen LogP contribution in [0.25, 0.3) is 28.4 Å². The summed E-state index contributed by atoms with van der Waals surface area (Å²) in [6.07, 6.45) is 7.16. The van der Waals surface area contributed by atoms with Crippen LogP contribution in [0.1, 0.15) is 40.5 Å². The number of nitrogens with zero attached hydrogens (tertiary/aromatic N) is 2. The van der Waals surface area contributed by atoms with E-state index in [0.29, 0.717) is 17.7 Å². The molecular formula is C39H30N2O. The van der Waals surface area contributed by atoms with E-state index in [1.54, 1.807) is 6.20 Å². The summed E-state index contributed by atoms with van der Waals surface area (Å²) in [6, 6.07) is 48.5. The van der Waals surface area contributed by atoms with Gasteiger partial charge in [-0.15, -0.1) is 0 Å². The zero-order valence-corrected chi connectivity index (χ0v) is 23.2. The van der Waals surface area contributed by atoms with Crippen molar-refractivity contribution >= 4 is 17.5 Å². The first-order valence-electron chi connectivity index (χ1n) is 14.4. The van der Waals surface area contributed by atoms with Crippen LogP contribution in [0.5, 0.6) is 0 Å². The fourth-order valence-electron chi connectivity index (χ4n) is 5.77. The first kappa shape index (κ1) is 25.7. The second kappa shape index (κ2) is 11.7. The van der Waals surface area contributed by atoms with Gasteiger partial charge in [0.2, 0.25) is 5.89 Å². The predicted molar refractivity (Wildman–Crippen MR) is 172 cm³/mol. The Bertz CT molecular complexity index is 1820. The number of hydrogen-bond donors (Lipinski definition) is 0. The number of oxazole rings is 1. The lowest BCUT2D eigenvalue weighted by Gasteiger charge is -2.20. The molecule has 0 saturated carbocycles. The van der Waals surface area contributed by atoms with Gasteiger partial charge in [0.1, 0.15) is 0 Å². The molecule has 0 saturated heterocycles. The van der Waals surface area contributed by atoms with Crippen molar-refractivity contribution < 1.29 is 4.42 Å². The molecule has 1 aliphatic rings. The van der Waals surface area contributed by atoms with Gasteiger partial charge >= 0.3 is 0 Å². The lowest BCUT2D eigenvalue weighted by atomic mass is 9.83. The van der Waals surface area contributed by atoms with Gasteiger partial charge in [-0.1, -0.05) is 121 Å². The molecule has 0 radical (unpaired) electrons. The molecule has 42 heavy (non-hydrogen) atoms. The maximum absolute atomic E-state index is 5.99. The molecule has 6 aromatic rings. The zero-order chi connectivity index (χ0) is 28.1. The molecule has 3 nitrogen and oxygen atoms in total. The normalized spacial score (nSPS) is 16.5. The highest BCUT2D eigenvalue weighted by molar-refractivity contribution is 5.83. The first-order chi connectivity index (χ1) is 20.8. The van der Waals surface area contributed by atoms with Crippen LogP contribution in [0.15, 0.2) is 161 Å². The molecule has 1 aliphatic carbocycles. The number of aliphatic imine (C=N–C) groups is 1. The summed E-state index contributed by atoms with van der Waals surface area (Å²) in [4.78, 5) is 9.20. The van der Waals surface area contributed by atoms with Gasteiger partial charge in [-0.3, -0.25) is 4.99 Å². The third-order valence-electron chi connectivity index (χ3n) is 7.99. The summed E-state index contributed by atoms with van der Waals surface area (Å²) in [7, 11) is 0. The molecule has 0 unspecified atom stereocenters. The lowest BCUT2D eigenvalue weighted by molar-refractivity contribution is 0.589. The van der Waals surface area contributed by atoms with E-state index in [2.05, 4.69) is 96.0 Å². The minimum absolute atomic E-state index is 0.366. The minimum Gasteiger partial charge on any atom is -0.436 e. The fraction of sp³-hybridized carbons (Fsp3) is 0.0769. The van der Waals surface area contributed by atoms with Gasteiger partial charge in [-0.2, -0.15) is 0 Å². The highest BCUT2D eigenvalue weighted by atomic mass is 16.4. The van der Waals surface area contributed by atoms with Crippen LogP contribution in [0.4, 0.5) is 5.69 Å². The molecule has 2 atom stereocenters. The standard InChI is InChI=1S/C39H30N2O/c1-4-10-30(11-5-1)36-24-34(25-37(36)31-12-6-2-7-13-31)29-20-22-35(23-21-29)40-26-28-16-18-33(19-17-28)39-41-27-38(42-39)32-14-8-3-9-15-32/h1-24,26-27,36-37H,25H2/t36-,37+/m0/s1. The summed E-state index contributed by atoms with van der Waals surface area (Å²) in [5, 5.41) is 0. The van der Waals surface area contributed by atoms with Crippen molar-refractivity contribution in [3.05, 3.63) is 174 Å². The smallest absolute Gasteiger partial charge is 0.226 e. The highest BCUT2D eigenvalue weighted by Gasteiger charge is 2.30. The van der Waals surface area contributed by atoms with Gasteiger partial charge in [0, 0.05) is 23.3 Å². The minimum atomic E-state index is 0.366. The van der Waals surface area contributed by atoms with Crippen molar-refractivity contribution in [2.24, 2.45) is 4.99 Å². The average Bonchev–Trinajstić information content (AvgIpc) is 3.75. The molecule has 202 valence electrons. The van der Waals surface area contributed by atoms with E-state index in [1.807, 2.05) is 60.8 Å². The molecule has 1 aromatic heterocycles. The first-order valence-corrected chi connectivity index (χ1v) is 14.4. The molecule has 0 fully saturated rings. The maximum atomic E-state index is 5.99. The van der Waals surface area contributed by atoms with Crippen LogP contribution in [0, 0.1) is 0 Å². The van der Waals surface area contributed by atoms with Crippen LogP contribution in [-0.4, -0.2) is 11.2 Å². The van der Waals surface area contributed by atoms with E-state index in [0.717, 1.165) is 34.6 Å². The third kappa shape index (κ3) is 5.50. The van der Waals surface area contributed by atoms with Gasteiger partial charge in [0.05, 0.1) is 11.9 Å². The third-order valence-corrected chi connectivity index (χ3v) is 7.99. The number of aromatic nitrogens is 1. The molecule has 5 aromatic carbocycles. The molecule has 0 N–H and O–H groups in total. The number of allylic oxidation sites excluding steroid dienone is 2. The quantitative estimate of drug-likeness (QED) is 0.188. The molecule has 0 spiro atoms. The van der Waals surface area contributed by atoms with Crippen molar-refractivity contribution in [3.8, 4) is 22.8 Å². The van der Waals surface area contributed by atoms with Gasteiger partial charge < -0.3 is 4.42 Å². The van der Waals surface area contributed by atoms with Crippen LogP contribution in [-0.2, 0) is 0 Å². The molecule has 0 bridgehead atoms. The summed E-state index contributed by atoms with van der Waals surface area (Å²) in [6.45, 7) is 0. The average molecular weight is 543 g/mol. The van der Waals surface area contributed by atoms with Crippen molar-refractivity contribution in [2.75, 3.05) is 0 Å². The monoisotopic (exact) mass is 542 g/mol. The largest absolute Gasteiger partial charge is 0.436 e. The summed E-state index contributed by atoms with van der Waals surface area (Å²) < 4.78 is 5.99. The Hall–Kier alpha value is -5.28. The molecule has 0 aliphatic heterocycles. The van der Waals surface area contributed by atoms with E-state index >= 15 is 0 Å². The fourth-order valence-corrected chi connectivity index (χ4v) is 5.77. The SMILES string of the molecule is C(=Nc1ccc(C2=C[C@@H](c3ccccc3)[C@@H](c3ccccc3)C2)cc1)c1ccc(-c2ncc(-c3ccccc3)o2)cc1. The van der Waals surface area contributed by atoms with Crippen molar-refractivity contribution in [1.29, 1.82) is 0 Å². The number of rotatable bonds is 7. The second-order valence-corrected chi connectivity index (χ2v) is 10.7. The molecule has 0 amide bonds.